The number of carbonyl (C=O) groups excluding carboxylic acids is 2. The molecule has 3 aromatic heterocycles. The minimum absolute atomic E-state index is 0.213. The summed E-state index contributed by atoms with van der Waals surface area (Å²) in [6.45, 7) is 2.91. The molecule has 0 spiro atoms. The first kappa shape index (κ1) is 22.8. The second kappa shape index (κ2) is 9.71. The molecule has 1 fully saturated rings. The number of aromatic nitrogens is 3. The topological polar surface area (TPSA) is 122 Å². The summed E-state index contributed by atoms with van der Waals surface area (Å²) in [6.07, 6.45) is 4.91. The maximum absolute atomic E-state index is 13.3. The Morgan fingerprint density at radius 2 is 1.86 bits per heavy atom. The molecule has 2 amide bonds. The molecule has 11 heteroatoms. The molecule has 4 heterocycles. The highest BCUT2D eigenvalue weighted by molar-refractivity contribution is 7.22. The zero-order valence-corrected chi connectivity index (χ0v) is 19.9. The molecule has 2 N–H and O–H groups in total. The predicted octanol–water partition coefficient (Wildman–Crippen LogP) is 3.70. The van der Waals surface area contributed by atoms with E-state index in [0.717, 1.165) is 35.7 Å². The zero-order chi connectivity index (χ0) is 24.4. The highest BCUT2D eigenvalue weighted by atomic mass is 32.1. The number of furan rings is 1. The third kappa shape index (κ3) is 4.94. The van der Waals surface area contributed by atoms with Crippen LogP contribution < -0.4 is 21.1 Å². The fourth-order valence-electron chi connectivity index (χ4n) is 4.06. The Labute approximate surface area is 204 Å². The van der Waals surface area contributed by atoms with Gasteiger partial charge in [0.05, 0.1) is 11.0 Å². The maximum atomic E-state index is 13.3. The van der Waals surface area contributed by atoms with Gasteiger partial charge in [-0.25, -0.2) is 9.67 Å². The monoisotopic (exact) mass is 492 g/mol. The highest BCUT2D eigenvalue weighted by Gasteiger charge is 2.23. The molecule has 1 aliphatic rings. The van der Waals surface area contributed by atoms with Crippen LogP contribution in [0.1, 0.15) is 26.2 Å². The number of piperidine rings is 1. The smallest absolute Gasteiger partial charge is 0.294 e. The summed E-state index contributed by atoms with van der Waals surface area (Å²) in [6, 6.07) is 10.3. The van der Waals surface area contributed by atoms with Crippen LogP contribution in [0.4, 0.5) is 16.5 Å². The van der Waals surface area contributed by atoms with Crippen molar-refractivity contribution in [3.8, 4) is 11.5 Å². The van der Waals surface area contributed by atoms with Crippen LogP contribution in [0.15, 0.2) is 51.9 Å². The molecule has 1 aliphatic heterocycles. The van der Waals surface area contributed by atoms with Crippen LogP contribution in [0.25, 0.3) is 21.7 Å². The number of nitrogens with zero attached hydrogens (tertiary/aromatic N) is 4. The first-order valence-electron chi connectivity index (χ1n) is 11.4. The minimum Gasteiger partial charge on any atom is -0.463 e. The molecule has 0 unspecified atom stereocenters. The molecule has 0 radical (unpaired) electrons. The highest BCUT2D eigenvalue weighted by Crippen LogP contribution is 2.34. The van der Waals surface area contributed by atoms with Crippen molar-refractivity contribution in [2.75, 3.05) is 28.6 Å². The summed E-state index contributed by atoms with van der Waals surface area (Å²) in [5.41, 5.74) is 1.36. The van der Waals surface area contributed by atoms with Crippen LogP contribution in [0.3, 0.4) is 0 Å². The van der Waals surface area contributed by atoms with Gasteiger partial charge < -0.3 is 20.0 Å². The normalized spacial score (nSPS) is 13.7. The largest absolute Gasteiger partial charge is 0.463 e. The number of carbonyl (C=O) groups is 2. The van der Waals surface area contributed by atoms with Crippen LogP contribution in [0.5, 0.6) is 0 Å². The lowest BCUT2D eigenvalue weighted by Crippen LogP contribution is -2.30. The van der Waals surface area contributed by atoms with Crippen molar-refractivity contribution < 1.29 is 14.0 Å². The SMILES string of the molecule is CC(=O)Nc1cccc(NC(=O)Cn2nc(-c3ccco3)c3sc(N4CCCCC4)nc3c2=O)c1. The molecule has 0 atom stereocenters. The third-order valence-corrected chi connectivity index (χ3v) is 6.75. The molecule has 10 nitrogen and oxygen atoms in total. The van der Waals surface area contributed by atoms with Crippen molar-refractivity contribution >= 4 is 49.9 Å². The molecule has 1 aromatic carbocycles. The fourth-order valence-corrected chi connectivity index (χ4v) is 5.16. The van der Waals surface area contributed by atoms with Crippen LogP contribution in [0, 0.1) is 0 Å². The van der Waals surface area contributed by atoms with Gasteiger partial charge in [-0.15, -0.1) is 0 Å². The van der Waals surface area contributed by atoms with Crippen molar-refractivity contribution in [1.82, 2.24) is 14.8 Å². The van der Waals surface area contributed by atoms with Gasteiger partial charge >= 0.3 is 0 Å². The van der Waals surface area contributed by atoms with Gasteiger partial charge in [0.2, 0.25) is 11.8 Å². The average Bonchev–Trinajstić information content (AvgIpc) is 3.52. The summed E-state index contributed by atoms with van der Waals surface area (Å²) in [5.74, 6) is -0.146. The third-order valence-electron chi connectivity index (χ3n) is 5.63. The van der Waals surface area contributed by atoms with Gasteiger partial charge in [-0.1, -0.05) is 17.4 Å². The first-order chi connectivity index (χ1) is 17.0. The zero-order valence-electron chi connectivity index (χ0n) is 19.1. The van der Waals surface area contributed by atoms with Gasteiger partial charge in [-0.3, -0.25) is 14.4 Å². The minimum atomic E-state index is -0.434. The van der Waals surface area contributed by atoms with Crippen LogP contribution in [-0.4, -0.2) is 39.7 Å². The van der Waals surface area contributed by atoms with E-state index in [0.29, 0.717) is 27.5 Å². The quantitative estimate of drug-likeness (QED) is 0.421. The molecule has 180 valence electrons. The van der Waals surface area contributed by atoms with Crippen molar-refractivity contribution in [2.24, 2.45) is 0 Å². The molecular formula is C24H24N6O4S. The van der Waals surface area contributed by atoms with E-state index in [1.165, 1.54) is 24.7 Å². The molecular weight excluding hydrogens is 468 g/mol. The lowest BCUT2D eigenvalue weighted by Gasteiger charge is -2.25. The van der Waals surface area contributed by atoms with E-state index in [1.54, 1.807) is 42.7 Å². The van der Waals surface area contributed by atoms with Crippen LogP contribution in [-0.2, 0) is 16.1 Å². The van der Waals surface area contributed by atoms with E-state index in [-0.39, 0.29) is 18.0 Å². The van der Waals surface area contributed by atoms with E-state index in [1.807, 2.05) is 0 Å². The molecule has 4 aromatic rings. The number of fused-ring (bicyclic) bond motifs is 1. The second-order valence-electron chi connectivity index (χ2n) is 8.32. The number of hydrogen-bond acceptors (Lipinski definition) is 8. The predicted molar refractivity (Wildman–Crippen MR) is 135 cm³/mol. The van der Waals surface area contributed by atoms with Crippen molar-refractivity contribution in [1.29, 1.82) is 0 Å². The molecule has 35 heavy (non-hydrogen) atoms. The standard InChI is InChI=1S/C24H24N6O4S/c1-15(31)25-16-7-5-8-17(13-16)26-19(32)14-30-23(33)21-22(20(28-30)18-9-6-12-34-18)35-24(27-21)29-10-3-2-4-11-29/h5-9,12-13H,2-4,10-11,14H2,1H3,(H,25,31)(H,26,32). The van der Waals surface area contributed by atoms with Crippen molar-refractivity contribution in [2.45, 2.75) is 32.7 Å². The van der Waals surface area contributed by atoms with E-state index >= 15 is 0 Å². The molecule has 0 saturated carbocycles. The summed E-state index contributed by atoms with van der Waals surface area (Å²) in [7, 11) is 0. The Bertz CT molecular complexity index is 1440. The summed E-state index contributed by atoms with van der Waals surface area (Å²) < 4.78 is 7.34. The molecule has 0 bridgehead atoms. The first-order valence-corrected chi connectivity index (χ1v) is 12.2. The number of amides is 2. The molecule has 0 aliphatic carbocycles. The molecule has 5 rings (SSSR count). The van der Waals surface area contributed by atoms with E-state index in [9.17, 15) is 14.4 Å². The van der Waals surface area contributed by atoms with Crippen molar-refractivity contribution in [3.05, 3.63) is 53.0 Å². The maximum Gasteiger partial charge on any atom is 0.294 e. The fraction of sp³-hybridized carbons (Fsp3) is 0.292. The number of nitrogens with one attached hydrogen (secondary N) is 2. The Morgan fingerprint density at radius 1 is 1.09 bits per heavy atom. The van der Waals surface area contributed by atoms with Gasteiger partial charge in [0.15, 0.2) is 16.4 Å². The van der Waals surface area contributed by atoms with E-state index in [4.69, 9.17) is 4.42 Å². The second-order valence-corrected chi connectivity index (χ2v) is 9.30. The lowest BCUT2D eigenvalue weighted by atomic mass is 10.1. The molecule has 1 saturated heterocycles. The Hall–Kier alpha value is -3.99. The Morgan fingerprint density at radius 3 is 2.57 bits per heavy atom. The van der Waals surface area contributed by atoms with Gasteiger partial charge in [-0.2, -0.15) is 5.10 Å². The summed E-state index contributed by atoms with van der Waals surface area (Å²) >= 11 is 1.42. The lowest BCUT2D eigenvalue weighted by molar-refractivity contribution is -0.117. The average molecular weight is 493 g/mol. The Balaban J connectivity index is 1.47. The van der Waals surface area contributed by atoms with Crippen LogP contribution >= 0.6 is 11.3 Å². The summed E-state index contributed by atoms with van der Waals surface area (Å²) in [5, 5.41) is 10.7. The van der Waals surface area contributed by atoms with Crippen molar-refractivity contribution in [3.63, 3.8) is 0 Å². The van der Waals surface area contributed by atoms with Gasteiger partial charge in [0.1, 0.15) is 12.2 Å². The van der Waals surface area contributed by atoms with E-state index in [2.05, 4.69) is 25.6 Å². The van der Waals surface area contributed by atoms with Gasteiger partial charge in [-0.05, 0) is 49.6 Å². The Kier molecular flexibility index (Phi) is 6.32. The van der Waals surface area contributed by atoms with Gasteiger partial charge in [0, 0.05) is 31.4 Å². The van der Waals surface area contributed by atoms with E-state index < -0.39 is 11.5 Å². The number of anilines is 3. The number of hydrogen-bond donors (Lipinski definition) is 2. The number of rotatable bonds is 6. The van der Waals surface area contributed by atoms with Crippen LogP contribution in [0.2, 0.25) is 0 Å². The number of benzene rings is 1. The van der Waals surface area contributed by atoms with Gasteiger partial charge in [0.25, 0.3) is 5.56 Å². The summed E-state index contributed by atoms with van der Waals surface area (Å²) in [4.78, 5) is 44.2. The number of thiazole rings is 1.